The molecule has 28 heavy (non-hydrogen) atoms. The summed E-state index contributed by atoms with van der Waals surface area (Å²) in [6.07, 6.45) is -1.79. The molecular weight excluding hydrogens is 367 g/mol. The summed E-state index contributed by atoms with van der Waals surface area (Å²) in [5, 5.41) is 9.28. The molecule has 1 saturated carbocycles. The van der Waals surface area contributed by atoms with Crippen LogP contribution in [0.4, 0.5) is 19.0 Å². The van der Waals surface area contributed by atoms with Gasteiger partial charge in [0.25, 0.3) is 0 Å². The first kappa shape index (κ1) is 18.7. The topological polar surface area (TPSA) is 56.1 Å². The van der Waals surface area contributed by atoms with Crippen molar-refractivity contribution in [2.75, 3.05) is 37.6 Å². The Hall–Kier alpha value is -2.66. The molecule has 4 rings (SSSR count). The van der Waals surface area contributed by atoms with E-state index in [1.165, 1.54) is 18.9 Å². The quantitative estimate of drug-likeness (QED) is 0.803. The molecule has 0 radical (unpaired) electrons. The molecule has 1 aromatic carbocycles. The van der Waals surface area contributed by atoms with Crippen molar-refractivity contribution in [2.24, 2.45) is 5.92 Å². The average molecular weight is 387 g/mol. The van der Waals surface area contributed by atoms with E-state index in [4.69, 9.17) is 0 Å². The lowest BCUT2D eigenvalue weighted by Gasteiger charge is -2.35. The highest BCUT2D eigenvalue weighted by Gasteiger charge is 2.31. The van der Waals surface area contributed by atoms with Crippen molar-refractivity contribution >= 4 is 5.82 Å². The number of rotatable bonds is 4. The molecule has 0 N–H and O–H groups in total. The Bertz CT molecular complexity index is 893. The van der Waals surface area contributed by atoms with E-state index in [1.807, 2.05) is 6.07 Å². The van der Waals surface area contributed by atoms with E-state index in [9.17, 15) is 18.4 Å². The summed E-state index contributed by atoms with van der Waals surface area (Å²) in [6.45, 7) is 4.52. The van der Waals surface area contributed by atoms with Gasteiger partial charge in [-0.3, -0.25) is 4.90 Å². The van der Waals surface area contributed by atoms with E-state index in [-0.39, 0.29) is 5.82 Å². The van der Waals surface area contributed by atoms with Gasteiger partial charge in [0.2, 0.25) is 5.82 Å². The summed E-state index contributed by atoms with van der Waals surface area (Å²) >= 11 is 0. The predicted molar refractivity (Wildman–Crippen MR) is 98.6 cm³/mol. The third-order valence-corrected chi connectivity index (χ3v) is 5.21. The van der Waals surface area contributed by atoms with E-state index in [0.29, 0.717) is 17.1 Å². The van der Waals surface area contributed by atoms with Gasteiger partial charge in [0.15, 0.2) is 0 Å². The number of anilines is 1. The first-order chi connectivity index (χ1) is 13.4. The van der Waals surface area contributed by atoms with Gasteiger partial charge in [-0.15, -0.1) is 0 Å². The Kier molecular flexibility index (Phi) is 4.94. The molecule has 1 aliphatic heterocycles. The highest BCUT2D eigenvalue weighted by Crippen LogP contribution is 2.33. The number of hydrogen-bond acceptors (Lipinski definition) is 5. The molecule has 0 amide bonds. The predicted octanol–water partition coefficient (Wildman–Crippen LogP) is 3.57. The molecule has 1 aliphatic carbocycles. The van der Waals surface area contributed by atoms with Crippen molar-refractivity contribution in [1.29, 1.82) is 5.26 Å². The Balaban J connectivity index is 1.58. The van der Waals surface area contributed by atoms with Crippen molar-refractivity contribution in [2.45, 2.75) is 19.0 Å². The lowest BCUT2D eigenvalue weighted by Crippen LogP contribution is -2.47. The summed E-state index contributed by atoms with van der Waals surface area (Å²) in [6, 6.07) is 8.59. The first-order valence-corrected chi connectivity index (χ1v) is 9.36. The summed E-state index contributed by atoms with van der Waals surface area (Å²) in [4.78, 5) is 12.9. The van der Waals surface area contributed by atoms with Crippen LogP contribution in [0.15, 0.2) is 30.3 Å². The summed E-state index contributed by atoms with van der Waals surface area (Å²) < 4.78 is 39.1. The number of piperazine rings is 1. The van der Waals surface area contributed by atoms with Crippen LogP contribution >= 0.6 is 0 Å². The van der Waals surface area contributed by atoms with Crippen LogP contribution in [0.2, 0.25) is 0 Å². The molecule has 2 fully saturated rings. The average Bonchev–Trinajstić information content (AvgIpc) is 3.51. The molecule has 2 heterocycles. The van der Waals surface area contributed by atoms with Crippen LogP contribution in [0.1, 0.15) is 24.2 Å². The van der Waals surface area contributed by atoms with Crippen LogP contribution in [-0.2, 0) is 6.18 Å². The van der Waals surface area contributed by atoms with E-state index in [0.717, 1.165) is 50.8 Å². The van der Waals surface area contributed by atoms with Gasteiger partial charge in [-0.25, -0.2) is 9.97 Å². The Labute approximate surface area is 161 Å². The molecule has 1 aromatic heterocycles. The van der Waals surface area contributed by atoms with Crippen molar-refractivity contribution in [1.82, 2.24) is 14.9 Å². The monoisotopic (exact) mass is 387 g/mol. The summed E-state index contributed by atoms with van der Waals surface area (Å²) in [5.41, 5.74) is -0.0900. The minimum Gasteiger partial charge on any atom is -0.354 e. The smallest absolute Gasteiger partial charge is 0.354 e. The van der Waals surface area contributed by atoms with Crippen molar-refractivity contribution in [3.8, 4) is 17.3 Å². The van der Waals surface area contributed by atoms with E-state index >= 15 is 0 Å². The molecule has 2 aliphatic rings. The van der Waals surface area contributed by atoms with E-state index in [1.54, 1.807) is 12.1 Å². The van der Waals surface area contributed by atoms with E-state index < -0.39 is 11.7 Å². The zero-order valence-corrected chi connectivity index (χ0v) is 15.3. The maximum absolute atomic E-state index is 13.0. The Morgan fingerprint density at radius 2 is 1.82 bits per heavy atom. The van der Waals surface area contributed by atoms with Gasteiger partial charge < -0.3 is 4.90 Å². The van der Waals surface area contributed by atoms with Gasteiger partial charge in [-0.05, 0) is 30.9 Å². The molecule has 0 atom stereocenters. The minimum absolute atomic E-state index is 0.0367. The maximum Gasteiger partial charge on any atom is 0.416 e. The third kappa shape index (κ3) is 4.25. The van der Waals surface area contributed by atoms with Crippen LogP contribution in [0.5, 0.6) is 0 Å². The normalized spacial score (nSPS) is 18.1. The van der Waals surface area contributed by atoms with E-state index in [2.05, 4.69) is 19.8 Å². The first-order valence-electron chi connectivity index (χ1n) is 9.36. The summed E-state index contributed by atoms with van der Waals surface area (Å²) in [7, 11) is 0. The Morgan fingerprint density at radius 1 is 1.07 bits per heavy atom. The molecule has 8 heteroatoms. The summed E-state index contributed by atoms with van der Waals surface area (Å²) in [5.74, 6) is 1.39. The van der Waals surface area contributed by atoms with Gasteiger partial charge in [-0.2, -0.15) is 18.4 Å². The molecule has 0 spiro atoms. The molecule has 146 valence electrons. The highest BCUT2D eigenvalue weighted by molar-refractivity contribution is 5.64. The van der Waals surface area contributed by atoms with Crippen molar-refractivity contribution in [3.63, 3.8) is 0 Å². The minimum atomic E-state index is -4.43. The molecule has 1 saturated heterocycles. The van der Waals surface area contributed by atoms with Crippen LogP contribution in [0, 0.1) is 17.2 Å². The standard InChI is InChI=1S/C20H20F3N5/c21-20(22,23)16-3-1-2-15(10-16)17-11-19(26-18(12-24)25-17)28-8-6-27(7-9-28)13-14-4-5-14/h1-3,10-11,14H,4-9,13H2. The van der Waals surface area contributed by atoms with Gasteiger partial charge >= 0.3 is 6.18 Å². The largest absolute Gasteiger partial charge is 0.416 e. The lowest BCUT2D eigenvalue weighted by atomic mass is 10.1. The fraction of sp³-hybridized carbons (Fsp3) is 0.450. The van der Waals surface area contributed by atoms with Crippen molar-refractivity contribution < 1.29 is 13.2 Å². The highest BCUT2D eigenvalue weighted by atomic mass is 19.4. The number of alkyl halides is 3. The second-order valence-corrected chi connectivity index (χ2v) is 7.36. The fourth-order valence-corrected chi connectivity index (χ4v) is 3.47. The SMILES string of the molecule is N#Cc1nc(-c2cccc(C(F)(F)F)c2)cc(N2CCN(CC3CC3)CC2)n1. The second-order valence-electron chi connectivity index (χ2n) is 7.36. The van der Waals surface area contributed by atoms with Crippen LogP contribution in [0.3, 0.4) is 0 Å². The van der Waals surface area contributed by atoms with Crippen LogP contribution in [0.25, 0.3) is 11.3 Å². The van der Waals surface area contributed by atoms with Crippen molar-refractivity contribution in [3.05, 3.63) is 41.7 Å². The zero-order valence-electron chi connectivity index (χ0n) is 15.3. The molecule has 5 nitrogen and oxygen atoms in total. The lowest BCUT2D eigenvalue weighted by molar-refractivity contribution is -0.137. The number of aromatic nitrogens is 2. The number of hydrogen-bond donors (Lipinski definition) is 0. The molecule has 0 bridgehead atoms. The number of nitriles is 1. The zero-order chi connectivity index (χ0) is 19.7. The van der Waals surface area contributed by atoms with Crippen LogP contribution < -0.4 is 4.90 Å². The Morgan fingerprint density at radius 3 is 2.46 bits per heavy atom. The van der Waals surface area contributed by atoms with Gasteiger partial charge in [0.05, 0.1) is 11.3 Å². The van der Waals surface area contributed by atoms with Crippen LogP contribution in [-0.4, -0.2) is 47.6 Å². The maximum atomic E-state index is 13.0. The van der Waals surface area contributed by atoms with Gasteiger partial charge in [0.1, 0.15) is 11.9 Å². The van der Waals surface area contributed by atoms with Gasteiger partial charge in [0, 0.05) is 44.4 Å². The number of halogens is 3. The second kappa shape index (κ2) is 7.40. The molecule has 0 unspecified atom stereocenters. The number of nitrogens with zero attached hydrogens (tertiary/aromatic N) is 5. The fourth-order valence-electron chi connectivity index (χ4n) is 3.47. The molecule has 2 aromatic rings. The third-order valence-electron chi connectivity index (χ3n) is 5.21. The molecular formula is C20H20F3N5. The number of benzene rings is 1. The van der Waals surface area contributed by atoms with Gasteiger partial charge in [-0.1, -0.05) is 12.1 Å².